The maximum absolute atomic E-state index is 13.6. The van der Waals surface area contributed by atoms with Gasteiger partial charge in [0.2, 0.25) is 11.6 Å². The molecule has 33 heavy (non-hydrogen) atoms. The zero-order valence-corrected chi connectivity index (χ0v) is 18.5. The second-order valence-electron chi connectivity index (χ2n) is 7.94. The van der Waals surface area contributed by atoms with E-state index in [1.807, 2.05) is 24.3 Å². The number of methoxy groups -OCH3 is 3. The van der Waals surface area contributed by atoms with E-state index in [1.54, 1.807) is 27.4 Å². The van der Waals surface area contributed by atoms with E-state index >= 15 is 0 Å². The molecule has 9 heteroatoms. The SMILES string of the molecule is COc1cc(OC)c([C@H]2Nc3nonc3NC3=C2C(=O)C[C@H](c2ccccc2)C3)cc1OC. The molecule has 9 nitrogen and oxygen atoms in total. The number of Topliss-reactive ketones (excluding diaryl/α,β-unsaturated/α-hetero) is 1. The van der Waals surface area contributed by atoms with Crippen molar-refractivity contribution in [2.24, 2.45) is 0 Å². The van der Waals surface area contributed by atoms with Crippen molar-refractivity contribution in [3.05, 3.63) is 64.9 Å². The normalized spacial score (nSPS) is 19.5. The van der Waals surface area contributed by atoms with E-state index in [0.717, 1.165) is 11.3 Å². The maximum Gasteiger partial charge on any atom is 0.219 e. The number of fused-ring (bicyclic) bond motifs is 1. The number of nitrogens with zero attached hydrogens (tertiary/aromatic N) is 2. The molecule has 0 saturated heterocycles. The van der Waals surface area contributed by atoms with Crippen LogP contribution in [0.25, 0.3) is 0 Å². The highest BCUT2D eigenvalue weighted by Gasteiger charge is 2.38. The minimum Gasteiger partial charge on any atom is -0.496 e. The Balaban J connectivity index is 1.65. The van der Waals surface area contributed by atoms with Crippen LogP contribution >= 0.6 is 0 Å². The summed E-state index contributed by atoms with van der Waals surface area (Å²) in [5.41, 5.74) is 3.23. The predicted molar refractivity (Wildman–Crippen MR) is 121 cm³/mol. The van der Waals surface area contributed by atoms with Gasteiger partial charge in [0, 0.05) is 29.3 Å². The van der Waals surface area contributed by atoms with Crippen LogP contribution in [-0.4, -0.2) is 37.4 Å². The zero-order valence-electron chi connectivity index (χ0n) is 18.5. The lowest BCUT2D eigenvalue weighted by atomic mass is 9.78. The summed E-state index contributed by atoms with van der Waals surface area (Å²) in [4.78, 5) is 13.6. The molecule has 1 aliphatic carbocycles. The first-order valence-corrected chi connectivity index (χ1v) is 10.6. The lowest BCUT2D eigenvalue weighted by Gasteiger charge is -2.30. The van der Waals surface area contributed by atoms with Crippen molar-refractivity contribution in [3.8, 4) is 17.2 Å². The number of hydrogen-bond acceptors (Lipinski definition) is 9. The minimum atomic E-state index is -0.556. The number of allylic oxidation sites excluding steroid dienone is 1. The van der Waals surface area contributed by atoms with E-state index in [2.05, 4.69) is 33.1 Å². The fourth-order valence-electron chi connectivity index (χ4n) is 4.57. The number of ketones is 1. The third kappa shape index (κ3) is 3.65. The molecule has 0 unspecified atom stereocenters. The number of carbonyl (C=O) groups excluding carboxylic acids is 1. The third-order valence-corrected chi connectivity index (χ3v) is 6.15. The van der Waals surface area contributed by atoms with Crippen LogP contribution in [0, 0.1) is 0 Å². The van der Waals surface area contributed by atoms with Crippen LogP contribution < -0.4 is 24.8 Å². The molecule has 1 aliphatic heterocycles. The van der Waals surface area contributed by atoms with Crippen LogP contribution in [0.4, 0.5) is 11.6 Å². The number of carbonyl (C=O) groups is 1. The van der Waals surface area contributed by atoms with Crippen molar-refractivity contribution in [2.45, 2.75) is 24.8 Å². The molecule has 5 rings (SSSR count). The molecular weight excluding hydrogens is 424 g/mol. The summed E-state index contributed by atoms with van der Waals surface area (Å²) in [7, 11) is 4.70. The molecule has 1 aromatic heterocycles. The summed E-state index contributed by atoms with van der Waals surface area (Å²) in [6.45, 7) is 0. The van der Waals surface area contributed by atoms with Crippen LogP contribution in [0.1, 0.15) is 35.9 Å². The molecule has 2 aliphatic rings. The molecule has 0 fully saturated rings. The number of rotatable bonds is 5. The molecule has 0 radical (unpaired) electrons. The van der Waals surface area contributed by atoms with Crippen LogP contribution in [0.3, 0.4) is 0 Å². The Labute approximate surface area is 190 Å². The molecule has 0 bridgehead atoms. The van der Waals surface area contributed by atoms with E-state index in [0.29, 0.717) is 52.9 Å². The monoisotopic (exact) mass is 448 g/mol. The molecule has 2 atom stereocenters. The second-order valence-corrected chi connectivity index (χ2v) is 7.94. The van der Waals surface area contributed by atoms with E-state index < -0.39 is 6.04 Å². The largest absolute Gasteiger partial charge is 0.496 e. The van der Waals surface area contributed by atoms with Gasteiger partial charge < -0.3 is 24.8 Å². The molecule has 2 aromatic carbocycles. The summed E-state index contributed by atoms with van der Waals surface area (Å²) >= 11 is 0. The fourth-order valence-corrected chi connectivity index (χ4v) is 4.57. The standard InChI is InChI=1S/C24H24N4O5/c1-30-18-12-20(32-3)19(31-2)11-15(18)22-21-16(25-23-24(26-22)28-33-27-23)9-14(10-17(21)29)13-7-5-4-6-8-13/h4-8,11-12,14,22H,9-10H2,1-3H3,(H,25,27)(H,26,28)/t14-,22-/m1/s1. The Morgan fingerprint density at radius 2 is 1.61 bits per heavy atom. The number of anilines is 2. The highest BCUT2D eigenvalue weighted by molar-refractivity contribution is 6.01. The highest BCUT2D eigenvalue weighted by atomic mass is 16.6. The van der Waals surface area contributed by atoms with Gasteiger partial charge in [-0.25, -0.2) is 4.63 Å². The van der Waals surface area contributed by atoms with Crippen molar-refractivity contribution in [3.63, 3.8) is 0 Å². The average molecular weight is 448 g/mol. The molecule has 0 saturated carbocycles. The van der Waals surface area contributed by atoms with E-state index in [9.17, 15) is 4.79 Å². The highest BCUT2D eigenvalue weighted by Crippen LogP contribution is 2.47. The van der Waals surface area contributed by atoms with Crippen molar-refractivity contribution in [2.75, 3.05) is 32.0 Å². The fraction of sp³-hybridized carbons (Fsp3) is 0.292. The van der Waals surface area contributed by atoms with Gasteiger partial charge in [0.05, 0.1) is 27.4 Å². The molecule has 0 amide bonds. The number of benzene rings is 2. The van der Waals surface area contributed by atoms with Gasteiger partial charge in [0.25, 0.3) is 0 Å². The van der Waals surface area contributed by atoms with Crippen LogP contribution in [0.5, 0.6) is 17.2 Å². The van der Waals surface area contributed by atoms with Crippen molar-refractivity contribution < 1.29 is 23.6 Å². The summed E-state index contributed by atoms with van der Waals surface area (Å²) < 4.78 is 21.6. The first-order valence-electron chi connectivity index (χ1n) is 10.6. The third-order valence-electron chi connectivity index (χ3n) is 6.15. The van der Waals surface area contributed by atoms with E-state index in [4.69, 9.17) is 18.8 Å². The van der Waals surface area contributed by atoms with Gasteiger partial charge in [0.15, 0.2) is 17.3 Å². The molecule has 2 N–H and O–H groups in total. The van der Waals surface area contributed by atoms with Gasteiger partial charge in [0.1, 0.15) is 5.75 Å². The van der Waals surface area contributed by atoms with Crippen molar-refractivity contribution >= 4 is 17.4 Å². The lowest BCUT2D eigenvalue weighted by Crippen LogP contribution is -2.27. The Hall–Kier alpha value is -4.01. The number of nitrogens with one attached hydrogen (secondary N) is 2. The first kappa shape index (κ1) is 20.9. The Morgan fingerprint density at radius 1 is 0.909 bits per heavy atom. The van der Waals surface area contributed by atoms with Gasteiger partial charge in [-0.1, -0.05) is 30.3 Å². The van der Waals surface area contributed by atoms with Gasteiger partial charge in [-0.3, -0.25) is 4.79 Å². The molecular formula is C24H24N4O5. The molecule has 170 valence electrons. The lowest BCUT2D eigenvalue weighted by molar-refractivity contribution is -0.116. The van der Waals surface area contributed by atoms with Crippen LogP contribution in [0.15, 0.2) is 58.4 Å². The molecule has 0 spiro atoms. The smallest absolute Gasteiger partial charge is 0.219 e. The van der Waals surface area contributed by atoms with Gasteiger partial charge in [-0.2, -0.15) is 0 Å². The summed E-state index contributed by atoms with van der Waals surface area (Å²) in [6.07, 6.45) is 1.04. The quantitative estimate of drug-likeness (QED) is 0.597. The molecule has 3 aromatic rings. The maximum atomic E-state index is 13.6. The zero-order chi connectivity index (χ0) is 22.9. The predicted octanol–water partition coefficient (Wildman–Crippen LogP) is 4.07. The number of ether oxygens (including phenoxy) is 3. The number of hydrogen-bond donors (Lipinski definition) is 2. The minimum absolute atomic E-state index is 0.0361. The topological polar surface area (TPSA) is 108 Å². The average Bonchev–Trinajstić information content (AvgIpc) is 3.22. The van der Waals surface area contributed by atoms with Crippen molar-refractivity contribution in [1.82, 2.24) is 10.3 Å². The van der Waals surface area contributed by atoms with Crippen LogP contribution in [-0.2, 0) is 4.79 Å². The first-order chi connectivity index (χ1) is 16.1. The molecule has 2 heterocycles. The number of aromatic nitrogens is 2. The Bertz CT molecular complexity index is 1220. The second kappa shape index (κ2) is 8.50. The van der Waals surface area contributed by atoms with E-state index in [1.165, 1.54) is 0 Å². The van der Waals surface area contributed by atoms with Crippen molar-refractivity contribution in [1.29, 1.82) is 0 Å². The van der Waals surface area contributed by atoms with E-state index in [-0.39, 0.29) is 11.7 Å². The summed E-state index contributed by atoms with van der Waals surface area (Å²) in [6, 6.07) is 13.1. The summed E-state index contributed by atoms with van der Waals surface area (Å²) in [5, 5.41) is 14.6. The van der Waals surface area contributed by atoms with Gasteiger partial charge in [-0.05, 0) is 34.3 Å². The summed E-state index contributed by atoms with van der Waals surface area (Å²) in [5.74, 6) is 2.55. The van der Waals surface area contributed by atoms with Crippen LogP contribution in [0.2, 0.25) is 0 Å². The van der Waals surface area contributed by atoms with Gasteiger partial charge in [-0.15, -0.1) is 0 Å². The Kier molecular flexibility index (Phi) is 5.37. The van der Waals surface area contributed by atoms with Gasteiger partial charge >= 0.3 is 0 Å². The Morgan fingerprint density at radius 3 is 2.33 bits per heavy atom.